The molecule has 0 N–H and O–H groups in total. The molecule has 0 saturated heterocycles. The number of hydrogen-bond donors (Lipinski definition) is 0. The van der Waals surface area contributed by atoms with Crippen molar-refractivity contribution in [3.63, 3.8) is 0 Å². The van der Waals surface area contributed by atoms with Gasteiger partial charge in [-0.1, -0.05) is 18.2 Å². The minimum Gasteiger partial charge on any atom is -0.423 e. The van der Waals surface area contributed by atoms with Crippen LogP contribution in [-0.4, -0.2) is 5.97 Å². The van der Waals surface area contributed by atoms with E-state index in [0.29, 0.717) is 22.1 Å². The zero-order valence-corrected chi connectivity index (χ0v) is 11.2. The number of carbonyl (C=O) groups excluding carboxylic acids is 1. The van der Waals surface area contributed by atoms with Crippen molar-refractivity contribution < 1.29 is 9.53 Å². The lowest BCUT2D eigenvalue weighted by atomic mass is 10.3. The summed E-state index contributed by atoms with van der Waals surface area (Å²) in [7, 11) is 0. The van der Waals surface area contributed by atoms with E-state index in [0.717, 1.165) is 6.08 Å². The SMILES string of the molecule is C=CC(=O)Oc1ccc(N=Nc2ccc(Cl)cc2)cc1. The summed E-state index contributed by atoms with van der Waals surface area (Å²) in [6.45, 7) is 3.33. The third kappa shape index (κ3) is 4.03. The largest absolute Gasteiger partial charge is 0.423 e. The molecule has 0 aromatic heterocycles. The van der Waals surface area contributed by atoms with Crippen molar-refractivity contribution in [1.82, 2.24) is 0 Å². The Hall–Kier alpha value is -2.46. The minimum atomic E-state index is -0.499. The summed E-state index contributed by atoms with van der Waals surface area (Å²) in [5.41, 5.74) is 1.36. The summed E-state index contributed by atoms with van der Waals surface area (Å²) in [6.07, 6.45) is 1.11. The zero-order valence-electron chi connectivity index (χ0n) is 10.5. The molecule has 2 aromatic carbocycles. The summed E-state index contributed by atoms with van der Waals surface area (Å²) in [5, 5.41) is 8.78. The van der Waals surface area contributed by atoms with Gasteiger partial charge in [-0.25, -0.2) is 4.79 Å². The van der Waals surface area contributed by atoms with Crippen molar-refractivity contribution in [1.29, 1.82) is 0 Å². The van der Waals surface area contributed by atoms with Gasteiger partial charge in [0.2, 0.25) is 0 Å². The van der Waals surface area contributed by atoms with Gasteiger partial charge in [-0.05, 0) is 48.5 Å². The molecule has 0 spiro atoms. The molecule has 2 rings (SSSR count). The number of benzene rings is 2. The van der Waals surface area contributed by atoms with E-state index in [1.807, 2.05) is 0 Å². The Bertz CT molecular complexity index is 634. The number of azo groups is 1. The lowest BCUT2D eigenvalue weighted by Crippen LogP contribution is -2.02. The Morgan fingerprint density at radius 2 is 1.50 bits per heavy atom. The maximum Gasteiger partial charge on any atom is 0.335 e. The van der Waals surface area contributed by atoms with E-state index in [-0.39, 0.29) is 0 Å². The van der Waals surface area contributed by atoms with Gasteiger partial charge in [-0.3, -0.25) is 0 Å². The Kier molecular flexibility index (Phi) is 4.63. The lowest BCUT2D eigenvalue weighted by Gasteiger charge is -2.00. The number of halogens is 1. The van der Waals surface area contributed by atoms with Gasteiger partial charge >= 0.3 is 5.97 Å². The third-order valence-corrected chi connectivity index (χ3v) is 2.58. The molecule has 0 aliphatic carbocycles. The molecule has 4 nitrogen and oxygen atoms in total. The van der Waals surface area contributed by atoms with E-state index in [1.54, 1.807) is 48.5 Å². The minimum absolute atomic E-state index is 0.431. The molecule has 0 saturated carbocycles. The van der Waals surface area contributed by atoms with Crippen molar-refractivity contribution in [2.75, 3.05) is 0 Å². The number of hydrogen-bond acceptors (Lipinski definition) is 4. The van der Waals surface area contributed by atoms with E-state index in [1.165, 1.54) is 0 Å². The summed E-state index contributed by atoms with van der Waals surface area (Å²) < 4.78 is 4.95. The monoisotopic (exact) mass is 286 g/mol. The summed E-state index contributed by atoms with van der Waals surface area (Å²) in [5.74, 6) is -0.0686. The summed E-state index contributed by atoms with van der Waals surface area (Å²) >= 11 is 5.78. The second kappa shape index (κ2) is 6.63. The van der Waals surface area contributed by atoms with Crippen LogP contribution in [0.25, 0.3) is 0 Å². The average molecular weight is 287 g/mol. The molecule has 5 heteroatoms. The first-order valence-electron chi connectivity index (χ1n) is 5.79. The fraction of sp³-hybridized carbons (Fsp3) is 0. The van der Waals surface area contributed by atoms with Gasteiger partial charge in [0.05, 0.1) is 11.4 Å². The Morgan fingerprint density at radius 1 is 1.00 bits per heavy atom. The molecular weight excluding hydrogens is 276 g/mol. The second-order valence-electron chi connectivity index (χ2n) is 3.80. The van der Waals surface area contributed by atoms with Crippen molar-refractivity contribution in [2.45, 2.75) is 0 Å². The smallest absolute Gasteiger partial charge is 0.335 e. The number of carbonyl (C=O) groups is 1. The molecule has 0 amide bonds. The van der Waals surface area contributed by atoms with E-state index in [4.69, 9.17) is 16.3 Å². The van der Waals surface area contributed by atoms with Crippen LogP contribution < -0.4 is 4.74 Å². The molecular formula is C15H11ClN2O2. The van der Waals surface area contributed by atoms with E-state index in [2.05, 4.69) is 16.8 Å². The van der Waals surface area contributed by atoms with Crippen LogP contribution in [0, 0.1) is 0 Å². The predicted octanol–water partition coefficient (Wildman–Crippen LogP) is 4.85. The van der Waals surface area contributed by atoms with Crippen molar-refractivity contribution in [3.8, 4) is 5.75 Å². The van der Waals surface area contributed by atoms with Crippen LogP contribution in [0.15, 0.2) is 71.4 Å². The van der Waals surface area contributed by atoms with Gasteiger partial charge < -0.3 is 4.74 Å². The van der Waals surface area contributed by atoms with Gasteiger partial charge in [0.1, 0.15) is 5.75 Å². The molecule has 0 heterocycles. The second-order valence-corrected chi connectivity index (χ2v) is 4.23. The molecule has 0 radical (unpaired) electrons. The summed E-state index contributed by atoms with van der Waals surface area (Å²) in [4.78, 5) is 11.0. The predicted molar refractivity (Wildman–Crippen MR) is 77.9 cm³/mol. The molecule has 0 unspecified atom stereocenters. The first-order chi connectivity index (χ1) is 9.67. The zero-order chi connectivity index (χ0) is 14.4. The topological polar surface area (TPSA) is 51.0 Å². The van der Waals surface area contributed by atoms with Crippen LogP contribution >= 0.6 is 11.6 Å². The average Bonchev–Trinajstić information content (AvgIpc) is 2.48. The van der Waals surface area contributed by atoms with Gasteiger partial charge in [-0.2, -0.15) is 10.2 Å². The van der Waals surface area contributed by atoms with Crippen LogP contribution in [0.3, 0.4) is 0 Å². The van der Waals surface area contributed by atoms with Crippen LogP contribution in [0.5, 0.6) is 5.75 Å². The van der Waals surface area contributed by atoms with Crippen LogP contribution in [0.1, 0.15) is 0 Å². The van der Waals surface area contributed by atoms with Gasteiger partial charge in [0.25, 0.3) is 0 Å². The molecule has 0 aliphatic rings. The highest BCUT2D eigenvalue weighted by atomic mass is 35.5. The Morgan fingerprint density at radius 3 is 2.00 bits per heavy atom. The molecule has 0 bridgehead atoms. The molecule has 0 aliphatic heterocycles. The van der Waals surface area contributed by atoms with Gasteiger partial charge in [0.15, 0.2) is 0 Å². The molecule has 2 aromatic rings. The number of esters is 1. The Labute approximate surface area is 121 Å². The number of rotatable bonds is 4. The first kappa shape index (κ1) is 14.0. The fourth-order valence-electron chi connectivity index (χ4n) is 1.36. The van der Waals surface area contributed by atoms with Crippen molar-refractivity contribution in [2.24, 2.45) is 10.2 Å². The fourth-order valence-corrected chi connectivity index (χ4v) is 1.49. The van der Waals surface area contributed by atoms with E-state index in [9.17, 15) is 4.79 Å². The molecule has 0 fully saturated rings. The highest BCUT2D eigenvalue weighted by molar-refractivity contribution is 6.30. The van der Waals surface area contributed by atoms with Gasteiger partial charge in [0, 0.05) is 11.1 Å². The molecule has 20 heavy (non-hydrogen) atoms. The normalized spacial score (nSPS) is 10.4. The lowest BCUT2D eigenvalue weighted by molar-refractivity contribution is -0.128. The highest BCUT2D eigenvalue weighted by Gasteiger charge is 1.99. The maximum absolute atomic E-state index is 11.0. The summed E-state index contributed by atoms with van der Waals surface area (Å²) in [6, 6.07) is 13.7. The standard InChI is InChI=1S/C15H11ClN2O2/c1-2-15(19)20-14-9-7-13(8-10-14)18-17-12-5-3-11(16)4-6-12/h2-10H,1H2. The van der Waals surface area contributed by atoms with E-state index >= 15 is 0 Å². The van der Waals surface area contributed by atoms with Crippen LogP contribution in [0.2, 0.25) is 5.02 Å². The third-order valence-electron chi connectivity index (χ3n) is 2.33. The van der Waals surface area contributed by atoms with E-state index < -0.39 is 5.97 Å². The van der Waals surface area contributed by atoms with Crippen molar-refractivity contribution in [3.05, 3.63) is 66.2 Å². The molecule has 100 valence electrons. The molecule has 0 atom stereocenters. The number of nitrogens with zero attached hydrogens (tertiary/aromatic N) is 2. The Balaban J connectivity index is 2.05. The van der Waals surface area contributed by atoms with Crippen molar-refractivity contribution >= 4 is 28.9 Å². The first-order valence-corrected chi connectivity index (χ1v) is 6.17. The van der Waals surface area contributed by atoms with Gasteiger partial charge in [-0.15, -0.1) is 0 Å². The highest BCUT2D eigenvalue weighted by Crippen LogP contribution is 2.22. The quantitative estimate of drug-likeness (QED) is 0.349. The maximum atomic E-state index is 11.0. The number of ether oxygens (including phenoxy) is 1. The van der Waals surface area contributed by atoms with Crippen LogP contribution in [0.4, 0.5) is 11.4 Å². The van der Waals surface area contributed by atoms with Crippen LogP contribution in [-0.2, 0) is 4.79 Å².